The van der Waals surface area contributed by atoms with E-state index in [0.717, 1.165) is 14.7 Å². The number of cyclic esters (lactones) is 1. The first-order valence-corrected chi connectivity index (χ1v) is 11.3. The summed E-state index contributed by atoms with van der Waals surface area (Å²) >= 11 is 8.44. The van der Waals surface area contributed by atoms with Crippen LogP contribution in [0.4, 0.5) is 0 Å². The van der Waals surface area contributed by atoms with Crippen LogP contribution in [-0.2, 0) is 16.1 Å². The van der Waals surface area contributed by atoms with Crippen molar-refractivity contribution < 1.29 is 23.7 Å². The number of hydrogen-bond acceptors (Lipinski definition) is 6. The largest absolute Gasteiger partial charge is 0.493 e. The van der Waals surface area contributed by atoms with Crippen molar-refractivity contribution in [2.24, 2.45) is 4.99 Å². The maximum absolute atomic E-state index is 12.4. The molecule has 3 aromatic rings. The molecule has 1 aliphatic heterocycles. The predicted molar refractivity (Wildman–Crippen MR) is 135 cm³/mol. The Labute approximate surface area is 209 Å². The number of benzene rings is 3. The first kappa shape index (κ1) is 23.1. The molecule has 1 heterocycles. The Hall–Kier alpha value is -3.04. The zero-order valence-corrected chi connectivity index (χ0v) is 20.7. The molecule has 6 nitrogen and oxygen atoms in total. The maximum Gasteiger partial charge on any atom is 0.363 e. The standard InChI is InChI=1S/C25H19ClINO5/c1-30-21-12-15(11-20-25(29)33-24(28-20)16-7-9-18(27)10-8-16)13-22(31-2)23(21)32-14-17-5-3-4-6-19(17)26/h3-13H,14H2,1-2H3/b20-11-. The number of carbonyl (C=O) groups is 1. The molecule has 0 amide bonds. The number of hydrogen-bond donors (Lipinski definition) is 0. The topological polar surface area (TPSA) is 66.4 Å². The number of aliphatic imine (C=N–C) groups is 1. The molecule has 33 heavy (non-hydrogen) atoms. The van der Waals surface area contributed by atoms with E-state index in [0.29, 0.717) is 27.8 Å². The van der Waals surface area contributed by atoms with Gasteiger partial charge in [-0.3, -0.25) is 0 Å². The van der Waals surface area contributed by atoms with Gasteiger partial charge in [-0.25, -0.2) is 9.79 Å². The summed E-state index contributed by atoms with van der Waals surface area (Å²) < 4.78 is 23.4. The lowest BCUT2D eigenvalue weighted by Gasteiger charge is -2.16. The lowest BCUT2D eigenvalue weighted by atomic mass is 10.1. The molecule has 0 spiro atoms. The molecule has 0 fully saturated rings. The molecule has 4 rings (SSSR count). The van der Waals surface area contributed by atoms with Gasteiger partial charge < -0.3 is 18.9 Å². The predicted octanol–water partition coefficient (Wildman–Crippen LogP) is 5.89. The second kappa shape index (κ2) is 10.3. The average molecular weight is 576 g/mol. The number of esters is 1. The molecule has 0 N–H and O–H groups in total. The van der Waals surface area contributed by atoms with Crippen LogP contribution in [0, 0.1) is 3.57 Å². The Morgan fingerprint density at radius 1 is 1.03 bits per heavy atom. The molecule has 8 heteroatoms. The van der Waals surface area contributed by atoms with Crippen molar-refractivity contribution in [3.63, 3.8) is 0 Å². The Balaban J connectivity index is 1.63. The van der Waals surface area contributed by atoms with Crippen LogP contribution in [0.2, 0.25) is 5.02 Å². The highest BCUT2D eigenvalue weighted by Gasteiger charge is 2.25. The molecular weight excluding hydrogens is 557 g/mol. The summed E-state index contributed by atoms with van der Waals surface area (Å²) in [6, 6.07) is 18.5. The van der Waals surface area contributed by atoms with Gasteiger partial charge in [-0.1, -0.05) is 29.8 Å². The Morgan fingerprint density at radius 2 is 1.70 bits per heavy atom. The van der Waals surface area contributed by atoms with Crippen LogP contribution >= 0.6 is 34.2 Å². The fourth-order valence-corrected chi connectivity index (χ4v) is 3.72. The van der Waals surface area contributed by atoms with Gasteiger partial charge >= 0.3 is 5.97 Å². The van der Waals surface area contributed by atoms with Gasteiger partial charge in [0, 0.05) is 19.7 Å². The van der Waals surface area contributed by atoms with Crippen molar-refractivity contribution >= 4 is 52.1 Å². The number of methoxy groups -OCH3 is 2. The van der Waals surface area contributed by atoms with E-state index < -0.39 is 5.97 Å². The van der Waals surface area contributed by atoms with Crippen LogP contribution in [0.25, 0.3) is 6.08 Å². The zero-order valence-electron chi connectivity index (χ0n) is 17.8. The van der Waals surface area contributed by atoms with Crippen LogP contribution in [0.3, 0.4) is 0 Å². The average Bonchev–Trinajstić information content (AvgIpc) is 3.18. The van der Waals surface area contributed by atoms with Gasteiger partial charge in [0.1, 0.15) is 6.61 Å². The summed E-state index contributed by atoms with van der Waals surface area (Å²) in [7, 11) is 3.07. The number of halogens is 2. The third-order valence-corrected chi connectivity index (χ3v) is 5.92. The van der Waals surface area contributed by atoms with Gasteiger partial charge in [0.05, 0.1) is 14.2 Å². The number of ether oxygens (including phenoxy) is 4. The molecule has 0 radical (unpaired) electrons. The summed E-state index contributed by atoms with van der Waals surface area (Å²) in [5.74, 6) is 1.06. The lowest BCUT2D eigenvalue weighted by Crippen LogP contribution is -2.05. The van der Waals surface area contributed by atoms with E-state index in [4.69, 9.17) is 30.5 Å². The molecule has 0 aliphatic carbocycles. The number of rotatable bonds is 7. The van der Waals surface area contributed by atoms with E-state index >= 15 is 0 Å². The molecule has 0 bridgehead atoms. The molecule has 0 saturated carbocycles. The summed E-state index contributed by atoms with van der Waals surface area (Å²) in [4.78, 5) is 16.7. The third-order valence-electron chi connectivity index (χ3n) is 4.83. The first-order valence-electron chi connectivity index (χ1n) is 9.89. The smallest absolute Gasteiger partial charge is 0.363 e. The van der Waals surface area contributed by atoms with E-state index in [1.807, 2.05) is 42.5 Å². The second-order valence-electron chi connectivity index (χ2n) is 6.98. The normalized spacial score (nSPS) is 14.1. The lowest BCUT2D eigenvalue weighted by molar-refractivity contribution is -0.129. The van der Waals surface area contributed by atoms with Crippen LogP contribution in [0.15, 0.2) is 71.4 Å². The van der Waals surface area contributed by atoms with Crippen molar-refractivity contribution in [1.29, 1.82) is 0 Å². The van der Waals surface area contributed by atoms with Gasteiger partial charge in [0.25, 0.3) is 0 Å². The Kier molecular flexibility index (Phi) is 7.20. The van der Waals surface area contributed by atoms with Crippen LogP contribution in [-0.4, -0.2) is 26.1 Å². The molecular formula is C25H19ClINO5. The highest BCUT2D eigenvalue weighted by atomic mass is 127. The molecule has 1 aliphatic rings. The van der Waals surface area contributed by atoms with Gasteiger partial charge in [0.2, 0.25) is 11.6 Å². The van der Waals surface area contributed by atoms with Crippen molar-refractivity contribution in [3.8, 4) is 17.2 Å². The zero-order chi connectivity index (χ0) is 23.4. The Morgan fingerprint density at radius 3 is 2.33 bits per heavy atom. The van der Waals surface area contributed by atoms with Gasteiger partial charge in [-0.15, -0.1) is 0 Å². The first-order chi connectivity index (χ1) is 16.0. The third kappa shape index (κ3) is 5.31. The minimum absolute atomic E-state index is 0.178. The molecule has 0 atom stereocenters. The molecule has 3 aromatic carbocycles. The van der Waals surface area contributed by atoms with Crippen molar-refractivity contribution in [1.82, 2.24) is 0 Å². The van der Waals surface area contributed by atoms with E-state index in [1.165, 1.54) is 14.2 Å². The fourth-order valence-electron chi connectivity index (χ4n) is 3.17. The maximum atomic E-state index is 12.4. The fraction of sp³-hybridized carbons (Fsp3) is 0.120. The number of carbonyl (C=O) groups excluding carboxylic acids is 1. The highest BCUT2D eigenvalue weighted by Crippen LogP contribution is 2.40. The highest BCUT2D eigenvalue weighted by molar-refractivity contribution is 14.1. The van der Waals surface area contributed by atoms with Crippen molar-refractivity contribution in [2.45, 2.75) is 6.61 Å². The summed E-state index contributed by atoms with van der Waals surface area (Å²) in [6.45, 7) is 0.239. The quantitative estimate of drug-likeness (QED) is 0.200. The van der Waals surface area contributed by atoms with Crippen molar-refractivity contribution in [3.05, 3.63) is 91.6 Å². The van der Waals surface area contributed by atoms with E-state index in [-0.39, 0.29) is 18.2 Å². The summed E-state index contributed by atoms with van der Waals surface area (Å²) in [6.07, 6.45) is 1.62. The minimum Gasteiger partial charge on any atom is -0.493 e. The van der Waals surface area contributed by atoms with Gasteiger partial charge in [-0.2, -0.15) is 0 Å². The molecule has 0 unspecified atom stereocenters. The second-order valence-corrected chi connectivity index (χ2v) is 8.63. The monoisotopic (exact) mass is 575 g/mol. The van der Waals surface area contributed by atoms with E-state index in [9.17, 15) is 4.79 Å². The summed E-state index contributed by atoms with van der Waals surface area (Å²) in [5.41, 5.74) is 2.39. The van der Waals surface area contributed by atoms with Crippen LogP contribution < -0.4 is 14.2 Å². The van der Waals surface area contributed by atoms with Crippen molar-refractivity contribution in [2.75, 3.05) is 14.2 Å². The molecule has 0 saturated heterocycles. The van der Waals surface area contributed by atoms with Crippen LogP contribution in [0.1, 0.15) is 16.7 Å². The van der Waals surface area contributed by atoms with E-state index in [2.05, 4.69) is 27.6 Å². The van der Waals surface area contributed by atoms with Gasteiger partial charge in [0.15, 0.2) is 17.2 Å². The van der Waals surface area contributed by atoms with Crippen LogP contribution in [0.5, 0.6) is 17.2 Å². The molecule has 168 valence electrons. The molecule has 0 aromatic heterocycles. The minimum atomic E-state index is -0.527. The summed E-state index contributed by atoms with van der Waals surface area (Å²) in [5, 5.41) is 0.610. The number of nitrogens with zero attached hydrogens (tertiary/aromatic N) is 1. The van der Waals surface area contributed by atoms with E-state index in [1.54, 1.807) is 24.3 Å². The SMILES string of the molecule is COc1cc(/C=C2\N=C(c3ccc(I)cc3)OC2=O)cc(OC)c1OCc1ccccc1Cl. The van der Waals surface area contributed by atoms with Gasteiger partial charge in [-0.05, 0) is 76.7 Å². The Bertz CT molecular complexity index is 1230.